The molecule has 0 fully saturated rings. The lowest BCUT2D eigenvalue weighted by Gasteiger charge is -2.22. The lowest BCUT2D eigenvalue weighted by molar-refractivity contribution is -0.127. The van der Waals surface area contributed by atoms with Gasteiger partial charge in [-0.15, -0.1) is 0 Å². The van der Waals surface area contributed by atoms with Crippen molar-refractivity contribution in [3.05, 3.63) is 59.8 Å². The van der Waals surface area contributed by atoms with Crippen LogP contribution < -0.4 is 10.6 Å². The van der Waals surface area contributed by atoms with Gasteiger partial charge in [0.25, 0.3) is 0 Å². The van der Waals surface area contributed by atoms with E-state index in [1.165, 1.54) is 0 Å². The van der Waals surface area contributed by atoms with Crippen LogP contribution in [0.5, 0.6) is 0 Å². The van der Waals surface area contributed by atoms with E-state index >= 15 is 0 Å². The van der Waals surface area contributed by atoms with Crippen molar-refractivity contribution in [3.63, 3.8) is 0 Å². The number of nitrogens with zero attached hydrogens (tertiary/aromatic N) is 2. The molecular formula is C20H21ClN4O2. The van der Waals surface area contributed by atoms with Crippen LogP contribution in [0.3, 0.4) is 0 Å². The van der Waals surface area contributed by atoms with Gasteiger partial charge in [-0.1, -0.05) is 49.7 Å². The Balaban J connectivity index is 1.68. The van der Waals surface area contributed by atoms with Gasteiger partial charge in [-0.25, -0.2) is 0 Å². The van der Waals surface area contributed by atoms with E-state index in [1.54, 1.807) is 35.1 Å². The maximum absolute atomic E-state index is 12.6. The number of carbonyl (C=O) groups excluding carboxylic acids is 2. The summed E-state index contributed by atoms with van der Waals surface area (Å²) in [5.74, 6) is -0.641. The number of benzene rings is 2. The highest BCUT2D eigenvalue weighted by Crippen LogP contribution is 2.16. The molecule has 1 aromatic heterocycles. The van der Waals surface area contributed by atoms with E-state index in [2.05, 4.69) is 15.7 Å². The minimum Gasteiger partial charge on any atom is -0.342 e. The molecule has 6 nitrogen and oxygen atoms in total. The highest BCUT2D eigenvalue weighted by atomic mass is 35.5. The van der Waals surface area contributed by atoms with Gasteiger partial charge in [0.1, 0.15) is 12.6 Å². The predicted molar refractivity (Wildman–Crippen MR) is 107 cm³/mol. The first-order valence-electron chi connectivity index (χ1n) is 8.70. The van der Waals surface area contributed by atoms with Crippen LogP contribution in [0.25, 0.3) is 10.9 Å². The molecule has 2 aromatic carbocycles. The highest BCUT2D eigenvalue weighted by molar-refractivity contribution is 6.30. The van der Waals surface area contributed by atoms with Gasteiger partial charge in [0, 0.05) is 16.1 Å². The molecule has 0 unspecified atom stereocenters. The van der Waals surface area contributed by atoms with Crippen molar-refractivity contribution in [1.29, 1.82) is 0 Å². The molecule has 0 spiro atoms. The lowest BCUT2D eigenvalue weighted by atomic mass is 10.0. The summed E-state index contributed by atoms with van der Waals surface area (Å²) in [6, 6.07) is 13.9. The van der Waals surface area contributed by atoms with Crippen LogP contribution in [0.1, 0.15) is 13.8 Å². The zero-order valence-electron chi connectivity index (χ0n) is 15.1. The Morgan fingerprint density at radius 1 is 1.15 bits per heavy atom. The van der Waals surface area contributed by atoms with Crippen LogP contribution in [0.4, 0.5) is 5.69 Å². The second-order valence-corrected chi connectivity index (χ2v) is 7.09. The molecule has 2 N–H and O–H groups in total. The normalized spacial score (nSPS) is 12.1. The number of nitrogens with one attached hydrogen (secondary N) is 2. The van der Waals surface area contributed by atoms with Gasteiger partial charge in [0.2, 0.25) is 11.8 Å². The molecule has 1 heterocycles. The zero-order valence-corrected chi connectivity index (χ0v) is 15.9. The van der Waals surface area contributed by atoms with Crippen LogP contribution in [0.15, 0.2) is 54.7 Å². The quantitative estimate of drug-likeness (QED) is 0.683. The first-order valence-corrected chi connectivity index (χ1v) is 9.08. The van der Waals surface area contributed by atoms with Gasteiger partial charge >= 0.3 is 0 Å². The number of para-hydroxylation sites is 1. The molecule has 0 bridgehead atoms. The SMILES string of the molecule is CC(C)[C@H](NC(=O)Cn1ncc2ccccc21)C(=O)Nc1cccc(Cl)c1. The Kier molecular flexibility index (Phi) is 5.76. The fraction of sp³-hybridized carbons (Fsp3) is 0.250. The monoisotopic (exact) mass is 384 g/mol. The fourth-order valence-corrected chi connectivity index (χ4v) is 3.02. The first kappa shape index (κ1) is 18.9. The van der Waals surface area contributed by atoms with E-state index in [4.69, 9.17) is 11.6 Å². The first-order chi connectivity index (χ1) is 12.9. The minimum atomic E-state index is -0.668. The smallest absolute Gasteiger partial charge is 0.247 e. The lowest BCUT2D eigenvalue weighted by Crippen LogP contribution is -2.48. The Labute approximate surface area is 162 Å². The molecule has 0 radical (unpaired) electrons. The summed E-state index contributed by atoms with van der Waals surface area (Å²) in [5, 5.41) is 11.4. The van der Waals surface area contributed by atoms with E-state index < -0.39 is 6.04 Å². The number of halogens is 1. The highest BCUT2D eigenvalue weighted by Gasteiger charge is 2.24. The second kappa shape index (κ2) is 8.22. The van der Waals surface area contributed by atoms with E-state index in [-0.39, 0.29) is 24.3 Å². The molecule has 1 atom stereocenters. The average molecular weight is 385 g/mol. The van der Waals surface area contributed by atoms with Crippen LogP contribution in [-0.2, 0) is 16.1 Å². The minimum absolute atomic E-state index is 0.0428. The van der Waals surface area contributed by atoms with Crippen molar-refractivity contribution in [3.8, 4) is 0 Å². The van der Waals surface area contributed by atoms with Crippen molar-refractivity contribution < 1.29 is 9.59 Å². The number of fused-ring (bicyclic) bond motifs is 1. The Morgan fingerprint density at radius 2 is 1.93 bits per heavy atom. The van der Waals surface area contributed by atoms with E-state index in [9.17, 15) is 9.59 Å². The summed E-state index contributed by atoms with van der Waals surface area (Å²) in [6.07, 6.45) is 1.72. The summed E-state index contributed by atoms with van der Waals surface area (Å²) < 4.78 is 1.62. The third-order valence-corrected chi connectivity index (χ3v) is 4.44. The van der Waals surface area contributed by atoms with E-state index in [1.807, 2.05) is 38.1 Å². The molecule has 0 aliphatic carbocycles. The number of hydrogen-bond donors (Lipinski definition) is 2. The number of carbonyl (C=O) groups is 2. The Hall–Kier alpha value is -2.86. The second-order valence-electron chi connectivity index (χ2n) is 6.65. The number of hydrogen-bond acceptors (Lipinski definition) is 3. The van der Waals surface area contributed by atoms with Gasteiger partial charge in [-0.05, 0) is 30.2 Å². The summed E-state index contributed by atoms with van der Waals surface area (Å²) >= 11 is 5.95. The molecule has 7 heteroatoms. The van der Waals surface area contributed by atoms with Gasteiger partial charge in [0.05, 0.1) is 11.7 Å². The van der Waals surface area contributed by atoms with Crippen molar-refractivity contribution in [1.82, 2.24) is 15.1 Å². The van der Waals surface area contributed by atoms with Crippen LogP contribution in [-0.4, -0.2) is 27.6 Å². The summed E-state index contributed by atoms with van der Waals surface area (Å²) in [5.41, 5.74) is 1.46. The third kappa shape index (κ3) is 4.65. The molecule has 27 heavy (non-hydrogen) atoms. The predicted octanol–water partition coefficient (Wildman–Crippen LogP) is 3.47. The zero-order chi connectivity index (χ0) is 19.4. The molecular weight excluding hydrogens is 364 g/mol. The number of anilines is 1. The van der Waals surface area contributed by atoms with Crippen molar-refractivity contribution in [2.45, 2.75) is 26.4 Å². The standard InChI is InChI=1S/C20H21ClN4O2/c1-13(2)19(20(27)23-16-8-5-7-15(21)10-16)24-18(26)12-25-17-9-4-3-6-14(17)11-22-25/h3-11,13,19H,12H2,1-2H3,(H,23,27)(H,24,26)/t19-/m0/s1. The number of aromatic nitrogens is 2. The maximum Gasteiger partial charge on any atom is 0.247 e. The Bertz CT molecular complexity index is 967. The van der Waals surface area contributed by atoms with Crippen LogP contribution in [0, 0.1) is 5.92 Å². The molecule has 3 rings (SSSR count). The fourth-order valence-electron chi connectivity index (χ4n) is 2.83. The molecule has 0 aliphatic heterocycles. The summed E-state index contributed by atoms with van der Waals surface area (Å²) in [7, 11) is 0. The van der Waals surface area contributed by atoms with E-state index in [0.29, 0.717) is 10.7 Å². The van der Waals surface area contributed by atoms with Crippen LogP contribution >= 0.6 is 11.6 Å². The number of rotatable bonds is 6. The molecule has 2 amide bonds. The van der Waals surface area contributed by atoms with Crippen molar-refractivity contribution >= 4 is 40.0 Å². The largest absolute Gasteiger partial charge is 0.342 e. The van der Waals surface area contributed by atoms with E-state index in [0.717, 1.165) is 10.9 Å². The molecule has 0 aliphatic rings. The number of amides is 2. The summed E-state index contributed by atoms with van der Waals surface area (Å²) in [4.78, 5) is 25.1. The van der Waals surface area contributed by atoms with Crippen molar-refractivity contribution in [2.24, 2.45) is 5.92 Å². The van der Waals surface area contributed by atoms with Gasteiger partial charge in [0.15, 0.2) is 0 Å². The molecule has 0 saturated carbocycles. The van der Waals surface area contributed by atoms with Crippen molar-refractivity contribution in [2.75, 3.05) is 5.32 Å². The van der Waals surface area contributed by atoms with Gasteiger partial charge in [-0.3, -0.25) is 14.3 Å². The van der Waals surface area contributed by atoms with Gasteiger partial charge in [-0.2, -0.15) is 5.10 Å². The van der Waals surface area contributed by atoms with Gasteiger partial charge < -0.3 is 10.6 Å². The summed E-state index contributed by atoms with van der Waals surface area (Å²) in [6.45, 7) is 3.80. The van der Waals surface area contributed by atoms with Crippen LogP contribution in [0.2, 0.25) is 5.02 Å². The topological polar surface area (TPSA) is 76.0 Å². The average Bonchev–Trinajstić information content (AvgIpc) is 3.02. The molecule has 140 valence electrons. The molecule has 3 aromatic rings. The Morgan fingerprint density at radius 3 is 2.67 bits per heavy atom. The third-order valence-electron chi connectivity index (χ3n) is 4.20. The maximum atomic E-state index is 12.6. The molecule has 0 saturated heterocycles.